The van der Waals surface area contributed by atoms with Crippen LogP contribution in [0.3, 0.4) is 0 Å². The number of benzene rings is 1. The van der Waals surface area contributed by atoms with E-state index >= 15 is 0 Å². The molecule has 1 aliphatic heterocycles. The molecule has 1 amide bonds. The summed E-state index contributed by atoms with van der Waals surface area (Å²) in [5.74, 6) is -0.410. The number of aromatic amines is 1. The molecule has 6 nitrogen and oxygen atoms in total. The molecule has 26 heavy (non-hydrogen) atoms. The maximum absolute atomic E-state index is 13.5. The van der Waals surface area contributed by atoms with E-state index in [0.717, 1.165) is 21.1 Å². The van der Waals surface area contributed by atoms with Crippen molar-refractivity contribution >= 4 is 38.8 Å². The summed E-state index contributed by atoms with van der Waals surface area (Å²) in [5.41, 5.74) is 4.05. The lowest BCUT2D eigenvalue weighted by Crippen LogP contribution is -2.40. The van der Waals surface area contributed by atoms with Crippen LogP contribution < -0.4 is 0 Å². The number of halogens is 1. The minimum absolute atomic E-state index is 0.0865. The largest absolute Gasteiger partial charge is 0.348 e. The number of rotatable bonds is 2. The molecule has 1 aromatic carbocycles. The number of amides is 1. The van der Waals surface area contributed by atoms with E-state index in [1.165, 1.54) is 34.8 Å². The van der Waals surface area contributed by atoms with Crippen LogP contribution in [-0.2, 0) is 6.42 Å². The fourth-order valence-corrected chi connectivity index (χ4v) is 4.88. The number of H-pyrrole nitrogens is 1. The third-order valence-corrected chi connectivity index (χ3v) is 6.28. The van der Waals surface area contributed by atoms with Gasteiger partial charge in [-0.1, -0.05) is 0 Å². The van der Waals surface area contributed by atoms with Crippen molar-refractivity contribution in [2.75, 3.05) is 6.54 Å². The molecule has 5 rings (SSSR count). The number of hydrogen-bond acceptors (Lipinski definition) is 6. The van der Waals surface area contributed by atoms with E-state index < -0.39 is 0 Å². The number of carbonyl (C=O) groups is 1. The van der Waals surface area contributed by atoms with E-state index in [1.807, 2.05) is 0 Å². The van der Waals surface area contributed by atoms with Gasteiger partial charge in [-0.25, -0.2) is 14.4 Å². The van der Waals surface area contributed by atoms with Crippen molar-refractivity contribution in [1.29, 1.82) is 0 Å². The molecule has 4 aromatic rings. The molecule has 130 valence electrons. The first-order valence-electron chi connectivity index (χ1n) is 7.98. The summed E-state index contributed by atoms with van der Waals surface area (Å²) in [6.45, 7) is 0.556. The van der Waals surface area contributed by atoms with Gasteiger partial charge in [0, 0.05) is 24.7 Å². The fourth-order valence-electron chi connectivity index (χ4n) is 3.24. The highest BCUT2D eigenvalue weighted by atomic mass is 32.1. The summed E-state index contributed by atoms with van der Waals surface area (Å²) >= 11 is 2.78. The molecule has 0 unspecified atom stereocenters. The maximum atomic E-state index is 13.5. The standard InChI is InChI=1S/C17H12FN5OS2/c18-9-1-2-12-11(5-9)22-16(26-12)15-14-10(20-7-21-14)3-4-23(15)17(24)13-6-19-8-25-13/h1-2,5-8,15H,3-4H2,(H,20,21)/t15-/m0/s1. The summed E-state index contributed by atoms with van der Waals surface area (Å²) in [6, 6.07) is 4.17. The molecule has 9 heteroatoms. The lowest BCUT2D eigenvalue weighted by molar-refractivity contribution is 0.0695. The van der Waals surface area contributed by atoms with Crippen molar-refractivity contribution in [1.82, 2.24) is 24.8 Å². The molecular weight excluding hydrogens is 373 g/mol. The Kier molecular flexibility index (Phi) is 3.57. The van der Waals surface area contributed by atoms with Crippen LogP contribution in [0, 0.1) is 5.82 Å². The Labute approximate surface area is 155 Å². The van der Waals surface area contributed by atoms with Crippen molar-refractivity contribution in [3.8, 4) is 0 Å². The second kappa shape index (κ2) is 5.96. The average molecular weight is 385 g/mol. The molecule has 1 atom stereocenters. The molecule has 0 saturated heterocycles. The minimum atomic E-state index is -0.389. The van der Waals surface area contributed by atoms with E-state index in [1.54, 1.807) is 29.0 Å². The van der Waals surface area contributed by atoms with Gasteiger partial charge in [0.25, 0.3) is 5.91 Å². The van der Waals surface area contributed by atoms with E-state index in [0.29, 0.717) is 23.4 Å². The van der Waals surface area contributed by atoms with Crippen LogP contribution in [-0.4, -0.2) is 37.3 Å². The van der Waals surface area contributed by atoms with E-state index in [4.69, 9.17) is 0 Å². The number of nitrogens with one attached hydrogen (secondary N) is 1. The predicted octanol–water partition coefficient (Wildman–Crippen LogP) is 3.40. The summed E-state index contributed by atoms with van der Waals surface area (Å²) in [6.07, 6.45) is 3.93. The van der Waals surface area contributed by atoms with E-state index in [2.05, 4.69) is 19.9 Å². The molecule has 0 radical (unpaired) electrons. The van der Waals surface area contributed by atoms with Crippen molar-refractivity contribution in [3.05, 3.63) is 63.3 Å². The van der Waals surface area contributed by atoms with Gasteiger partial charge in [0.1, 0.15) is 21.7 Å². The van der Waals surface area contributed by atoms with Crippen LogP contribution in [0.5, 0.6) is 0 Å². The van der Waals surface area contributed by atoms with Crippen LogP contribution in [0.25, 0.3) is 10.2 Å². The van der Waals surface area contributed by atoms with Crippen molar-refractivity contribution in [2.45, 2.75) is 12.5 Å². The third-order valence-electron chi connectivity index (χ3n) is 4.43. The van der Waals surface area contributed by atoms with Gasteiger partial charge in [0.05, 0.1) is 33.9 Å². The zero-order valence-electron chi connectivity index (χ0n) is 13.3. The Balaban J connectivity index is 1.64. The van der Waals surface area contributed by atoms with Gasteiger partial charge in [0.15, 0.2) is 0 Å². The minimum Gasteiger partial charge on any atom is -0.348 e. The Morgan fingerprint density at radius 3 is 3.15 bits per heavy atom. The highest BCUT2D eigenvalue weighted by Gasteiger charge is 2.37. The number of nitrogens with zero attached hydrogens (tertiary/aromatic N) is 4. The summed E-state index contributed by atoms with van der Waals surface area (Å²) in [4.78, 5) is 31.6. The van der Waals surface area contributed by atoms with E-state index in [-0.39, 0.29) is 17.8 Å². The Bertz CT molecular complexity index is 1100. The molecule has 4 heterocycles. The Morgan fingerprint density at radius 2 is 2.31 bits per heavy atom. The van der Waals surface area contributed by atoms with Crippen LogP contribution >= 0.6 is 22.7 Å². The highest BCUT2D eigenvalue weighted by molar-refractivity contribution is 7.18. The van der Waals surface area contributed by atoms with Gasteiger partial charge in [-0.15, -0.1) is 22.7 Å². The molecule has 0 fully saturated rings. The topological polar surface area (TPSA) is 74.8 Å². The molecule has 0 bridgehead atoms. The van der Waals surface area contributed by atoms with Crippen LogP contribution in [0.2, 0.25) is 0 Å². The summed E-state index contributed by atoms with van der Waals surface area (Å²) in [7, 11) is 0. The van der Waals surface area contributed by atoms with Crippen molar-refractivity contribution in [2.24, 2.45) is 0 Å². The van der Waals surface area contributed by atoms with Crippen molar-refractivity contribution < 1.29 is 9.18 Å². The maximum Gasteiger partial charge on any atom is 0.266 e. The predicted molar refractivity (Wildman–Crippen MR) is 96.9 cm³/mol. The van der Waals surface area contributed by atoms with Gasteiger partial charge >= 0.3 is 0 Å². The van der Waals surface area contributed by atoms with Gasteiger partial charge in [-0.2, -0.15) is 0 Å². The first-order chi connectivity index (χ1) is 12.7. The zero-order valence-corrected chi connectivity index (χ0v) is 15.0. The Hall–Kier alpha value is -2.65. The molecule has 0 saturated carbocycles. The summed E-state index contributed by atoms with van der Waals surface area (Å²) < 4.78 is 14.4. The molecule has 1 N–H and O–H groups in total. The molecule has 0 aliphatic carbocycles. The van der Waals surface area contributed by atoms with E-state index in [9.17, 15) is 9.18 Å². The molecule has 0 spiro atoms. The number of aromatic nitrogens is 4. The SMILES string of the molecule is O=C(c1cncs1)N1CCc2[nH]cnc2[C@H]1c1nc2cc(F)ccc2s1. The van der Waals surface area contributed by atoms with Crippen LogP contribution in [0.4, 0.5) is 4.39 Å². The molecular formula is C17H12FN5OS2. The first kappa shape index (κ1) is 15.6. The number of carbonyl (C=O) groups excluding carboxylic acids is 1. The monoisotopic (exact) mass is 385 g/mol. The van der Waals surface area contributed by atoms with Crippen LogP contribution in [0.1, 0.15) is 32.1 Å². The fraction of sp³-hybridized carbons (Fsp3) is 0.176. The second-order valence-electron chi connectivity index (χ2n) is 5.95. The number of thiazole rings is 2. The lowest BCUT2D eigenvalue weighted by Gasteiger charge is -2.33. The quantitative estimate of drug-likeness (QED) is 0.574. The summed E-state index contributed by atoms with van der Waals surface area (Å²) in [5, 5.41) is 0.733. The highest BCUT2D eigenvalue weighted by Crippen LogP contribution is 2.38. The van der Waals surface area contributed by atoms with Crippen molar-refractivity contribution in [3.63, 3.8) is 0 Å². The number of fused-ring (bicyclic) bond motifs is 2. The zero-order chi connectivity index (χ0) is 17.7. The van der Waals surface area contributed by atoms with Crippen LogP contribution in [0.15, 0.2) is 36.2 Å². The molecule has 3 aromatic heterocycles. The Morgan fingerprint density at radius 1 is 1.38 bits per heavy atom. The normalized spacial score (nSPS) is 16.8. The first-order valence-corrected chi connectivity index (χ1v) is 9.68. The second-order valence-corrected chi connectivity index (χ2v) is 7.90. The van der Waals surface area contributed by atoms with Gasteiger partial charge in [-0.3, -0.25) is 9.78 Å². The number of hydrogen-bond donors (Lipinski definition) is 1. The molecule has 1 aliphatic rings. The van der Waals surface area contributed by atoms with Gasteiger partial charge in [-0.05, 0) is 12.1 Å². The third kappa shape index (κ3) is 2.43. The number of imidazole rings is 1. The van der Waals surface area contributed by atoms with Gasteiger partial charge < -0.3 is 9.88 Å². The lowest BCUT2D eigenvalue weighted by atomic mass is 10.0. The smallest absolute Gasteiger partial charge is 0.266 e. The average Bonchev–Trinajstić information content (AvgIpc) is 3.38. The van der Waals surface area contributed by atoms with Gasteiger partial charge in [0.2, 0.25) is 0 Å².